The summed E-state index contributed by atoms with van der Waals surface area (Å²) in [5, 5.41) is 15.4. The summed E-state index contributed by atoms with van der Waals surface area (Å²) in [6.45, 7) is 5.20. The third-order valence-electron chi connectivity index (χ3n) is 5.11. The van der Waals surface area contributed by atoms with Gasteiger partial charge in [0.25, 0.3) is 0 Å². The molecule has 1 N–H and O–H groups in total. The zero-order valence-electron chi connectivity index (χ0n) is 14.0. The van der Waals surface area contributed by atoms with Crippen molar-refractivity contribution in [2.24, 2.45) is 0 Å². The van der Waals surface area contributed by atoms with Crippen LogP contribution in [-0.4, -0.2) is 19.8 Å². The van der Waals surface area contributed by atoms with Crippen molar-refractivity contribution in [3.8, 4) is 0 Å². The van der Waals surface area contributed by atoms with E-state index >= 15 is 0 Å². The molecule has 0 saturated heterocycles. The topological polar surface area (TPSA) is 20.2 Å². The average molecular weight is 456 g/mol. The maximum absolute atomic E-state index is 9.10. The molecule has 5 heteroatoms. The first-order chi connectivity index (χ1) is 10.1. The summed E-state index contributed by atoms with van der Waals surface area (Å²) in [6.07, 6.45) is 7.42. The number of hydrogen-bond acceptors (Lipinski definition) is 1. The van der Waals surface area contributed by atoms with Crippen LogP contribution in [0.1, 0.15) is 24.8 Å². The van der Waals surface area contributed by atoms with Gasteiger partial charge >= 0.3 is 26.2 Å². The fraction of sp³-hybridized carbons (Fsp3) is 0.316. The maximum Gasteiger partial charge on any atom is 3.00 e. The van der Waals surface area contributed by atoms with E-state index in [1.165, 1.54) is 27.5 Å². The van der Waals surface area contributed by atoms with Gasteiger partial charge in [-0.15, -0.1) is 29.0 Å². The molecule has 2 aliphatic rings. The molecule has 1 aliphatic carbocycles. The van der Waals surface area contributed by atoms with E-state index < -0.39 is 8.07 Å². The molecule has 125 valence electrons. The minimum Gasteiger partial charge on any atom is -1.00 e. The number of hydrogen-bond donors (Lipinski definition) is 1. The van der Waals surface area contributed by atoms with Crippen molar-refractivity contribution in [3.05, 3.63) is 47.6 Å². The molecule has 1 aliphatic heterocycles. The molecule has 0 fully saturated rings. The second-order valence-electron chi connectivity index (χ2n) is 6.77. The summed E-state index contributed by atoms with van der Waals surface area (Å²) in [6, 6.07) is 9.18. The van der Waals surface area contributed by atoms with Crippen LogP contribution < -0.4 is 35.2 Å². The molecule has 0 amide bonds. The normalized spacial score (nSPS) is 16.3. The van der Waals surface area contributed by atoms with Crippen LogP contribution in [-0.2, 0) is 26.2 Å². The number of fused-ring (bicyclic) bond motifs is 3. The van der Waals surface area contributed by atoms with Crippen LogP contribution in [0.2, 0.25) is 13.1 Å². The van der Waals surface area contributed by atoms with E-state index in [1.54, 1.807) is 10.4 Å². The summed E-state index contributed by atoms with van der Waals surface area (Å²) in [5.74, 6) is 0. The van der Waals surface area contributed by atoms with Gasteiger partial charge in [-0.25, -0.2) is 0 Å². The van der Waals surface area contributed by atoms with Crippen molar-refractivity contribution in [1.82, 2.24) is 0 Å². The van der Waals surface area contributed by atoms with Gasteiger partial charge in [-0.2, -0.15) is 10.4 Å². The van der Waals surface area contributed by atoms with Gasteiger partial charge in [0.1, 0.15) is 0 Å². The number of benzene rings is 1. The molecule has 1 nitrogen and oxygen atoms in total. The maximum atomic E-state index is 9.10. The second-order valence-corrected chi connectivity index (χ2v) is 11.1. The van der Waals surface area contributed by atoms with Gasteiger partial charge in [0.05, 0.1) is 0 Å². The fourth-order valence-electron chi connectivity index (χ4n) is 3.91. The average Bonchev–Trinajstić information content (AvgIpc) is 2.91. The van der Waals surface area contributed by atoms with Gasteiger partial charge in [-0.1, -0.05) is 36.9 Å². The van der Waals surface area contributed by atoms with E-state index in [0.717, 1.165) is 19.3 Å². The Morgan fingerprint density at radius 3 is 2.67 bits per heavy atom. The van der Waals surface area contributed by atoms with Crippen molar-refractivity contribution in [2.75, 3.05) is 6.61 Å². The predicted octanol–water partition coefficient (Wildman–Crippen LogP) is -2.81. The molecule has 2 aromatic carbocycles. The fourth-order valence-corrected chi connectivity index (χ4v) is 7.27. The zero-order valence-corrected chi connectivity index (χ0v) is 19.0. The first kappa shape index (κ1) is 22.0. The van der Waals surface area contributed by atoms with Crippen molar-refractivity contribution < 1.29 is 56.1 Å². The minimum absolute atomic E-state index is 0. The number of allylic oxidation sites excluding steroid dienone is 4. The summed E-state index contributed by atoms with van der Waals surface area (Å²) in [4.78, 5) is 0. The molecule has 0 spiro atoms. The van der Waals surface area contributed by atoms with E-state index in [1.807, 2.05) is 0 Å². The van der Waals surface area contributed by atoms with Crippen LogP contribution in [0.4, 0.5) is 0 Å². The Bertz CT molecular complexity index is 805. The van der Waals surface area contributed by atoms with Crippen LogP contribution >= 0.6 is 0 Å². The summed E-state index contributed by atoms with van der Waals surface area (Å²) < 4.78 is 0. The number of aliphatic hydroxyl groups is 1. The van der Waals surface area contributed by atoms with Crippen molar-refractivity contribution in [1.29, 1.82) is 0 Å². The zero-order chi connectivity index (χ0) is 14.6. The Kier molecular flexibility index (Phi) is 7.42. The van der Waals surface area contributed by atoms with Gasteiger partial charge in [-0.05, 0) is 30.4 Å². The smallest absolute Gasteiger partial charge is 1.00 e. The Morgan fingerprint density at radius 2 is 1.96 bits per heavy atom. The molecule has 0 atom stereocenters. The number of aliphatic hydroxyl groups excluding tert-OH is 1. The van der Waals surface area contributed by atoms with Gasteiger partial charge in [0, 0.05) is 14.7 Å². The molecule has 1 radical (unpaired) electrons. The molecule has 24 heavy (non-hydrogen) atoms. The predicted molar refractivity (Wildman–Crippen MR) is 93.3 cm³/mol. The molecule has 2 aromatic rings. The van der Waals surface area contributed by atoms with Gasteiger partial charge in [-0.3, -0.25) is 0 Å². The van der Waals surface area contributed by atoms with Gasteiger partial charge < -0.3 is 29.9 Å². The van der Waals surface area contributed by atoms with Crippen LogP contribution in [0, 0.1) is 0 Å². The minimum atomic E-state index is -1.19. The van der Waals surface area contributed by atoms with Crippen LogP contribution in [0.3, 0.4) is 0 Å². The van der Waals surface area contributed by atoms with Crippen molar-refractivity contribution in [3.63, 3.8) is 0 Å². The molecule has 0 bridgehead atoms. The largest absolute Gasteiger partial charge is 3.00 e. The second kappa shape index (κ2) is 8.10. The molecule has 1 heterocycles. The third kappa shape index (κ3) is 3.31. The molecule has 0 unspecified atom stereocenters. The van der Waals surface area contributed by atoms with Crippen molar-refractivity contribution >= 4 is 34.8 Å². The summed E-state index contributed by atoms with van der Waals surface area (Å²) in [5.41, 5.74) is 4.36. The molecule has 0 saturated carbocycles. The quantitative estimate of drug-likeness (QED) is 0.390. The van der Waals surface area contributed by atoms with E-state index in [0.29, 0.717) is 0 Å². The van der Waals surface area contributed by atoms with Gasteiger partial charge in [0.2, 0.25) is 0 Å². The molecular weight excluding hydrogens is 434 g/mol. The van der Waals surface area contributed by atoms with E-state index in [-0.39, 0.29) is 57.6 Å². The first-order valence-electron chi connectivity index (χ1n) is 7.87. The van der Waals surface area contributed by atoms with Crippen LogP contribution in [0.15, 0.2) is 42.0 Å². The van der Waals surface area contributed by atoms with Crippen molar-refractivity contribution in [2.45, 2.75) is 32.4 Å². The van der Waals surface area contributed by atoms with E-state index in [9.17, 15) is 0 Å². The van der Waals surface area contributed by atoms with E-state index in [4.69, 9.17) is 5.11 Å². The number of halogens is 2. The summed E-state index contributed by atoms with van der Waals surface area (Å²) in [7, 11) is -1.19. The van der Waals surface area contributed by atoms with Crippen LogP contribution in [0.25, 0.3) is 16.3 Å². The Balaban J connectivity index is 0.000000960. The standard InChI is InChI=1S/C19H21OSi.2ClH.Zr/c1-21(2)17-12-14-7-4-10-16(18(14)19(17)21)15-9-3-6-13(15)8-5-11-20;;;/h3-4,6-7,10,12,20H,5,8-9,11H2,1-2H3;2*1H;/q-1;;;+3/p-2. The first-order valence-corrected chi connectivity index (χ1v) is 10.9. The summed E-state index contributed by atoms with van der Waals surface area (Å²) >= 11 is 0. The SMILES string of the molecule is C[Si]1(C)c2[cH-]c3cccc(C4=C(CCCO)C=CC4)c3c21.[Cl-].[Cl-].[Zr+3]. The Hall–Kier alpha value is -0.0500. The molecular formula is C19H21Cl2OSiZr. The molecule has 0 aromatic heterocycles. The third-order valence-corrected chi connectivity index (χ3v) is 8.37. The Morgan fingerprint density at radius 1 is 1.21 bits per heavy atom. The van der Waals surface area contributed by atoms with Crippen LogP contribution in [0.5, 0.6) is 0 Å². The monoisotopic (exact) mass is 453 g/mol. The van der Waals surface area contributed by atoms with E-state index in [2.05, 4.69) is 49.5 Å². The van der Waals surface area contributed by atoms with Gasteiger partial charge in [0.15, 0.2) is 0 Å². The molecule has 4 rings (SSSR count). The Labute approximate surface area is 176 Å². The number of rotatable bonds is 4.